The Hall–Kier alpha value is -3.09. The topological polar surface area (TPSA) is 95.6 Å². The van der Waals surface area contributed by atoms with Crippen LogP contribution in [0.5, 0.6) is 0 Å². The van der Waals surface area contributed by atoms with E-state index < -0.39 is 0 Å². The number of nitrogens with zero attached hydrogens (tertiary/aromatic N) is 3. The summed E-state index contributed by atoms with van der Waals surface area (Å²) in [5.74, 6) is 1.48. The van der Waals surface area contributed by atoms with Gasteiger partial charge in [0.2, 0.25) is 5.91 Å². The van der Waals surface area contributed by atoms with Crippen LogP contribution in [0.2, 0.25) is 0 Å². The fraction of sp³-hybridized carbons (Fsp3) is 0.458. The molecule has 31 heavy (non-hydrogen) atoms. The van der Waals surface area contributed by atoms with Crippen molar-refractivity contribution in [2.75, 3.05) is 31.6 Å². The van der Waals surface area contributed by atoms with Crippen molar-refractivity contribution in [2.45, 2.75) is 38.6 Å². The van der Waals surface area contributed by atoms with Crippen LogP contribution in [0.4, 0.5) is 5.82 Å². The van der Waals surface area contributed by atoms with E-state index in [0.717, 1.165) is 49.8 Å². The molecule has 1 aliphatic rings. The summed E-state index contributed by atoms with van der Waals surface area (Å²) >= 11 is 0. The lowest BCUT2D eigenvalue weighted by molar-refractivity contribution is -0.122. The first kappa shape index (κ1) is 22.6. The molecule has 7 heteroatoms. The number of hydrogen-bond donors (Lipinski definition) is 3. The largest absolute Gasteiger partial charge is 0.369 e. The highest BCUT2D eigenvalue weighted by molar-refractivity contribution is 5.80. The van der Waals surface area contributed by atoms with Crippen molar-refractivity contribution in [1.29, 1.82) is 0 Å². The van der Waals surface area contributed by atoms with Gasteiger partial charge in [0, 0.05) is 56.3 Å². The average molecular weight is 423 g/mol. The number of aromatic nitrogens is 1. The van der Waals surface area contributed by atoms with Crippen LogP contribution in [-0.4, -0.2) is 43.5 Å². The Bertz CT molecular complexity index is 888. The summed E-state index contributed by atoms with van der Waals surface area (Å²) in [5.41, 5.74) is 7.83. The smallest absolute Gasteiger partial charge is 0.220 e. The maximum absolute atomic E-state index is 11.5. The van der Waals surface area contributed by atoms with Gasteiger partial charge < -0.3 is 21.3 Å². The molecular weight excluding hydrogens is 388 g/mol. The van der Waals surface area contributed by atoms with Crippen molar-refractivity contribution in [1.82, 2.24) is 15.6 Å². The van der Waals surface area contributed by atoms with Crippen LogP contribution in [0.15, 0.2) is 53.7 Å². The van der Waals surface area contributed by atoms with Crippen molar-refractivity contribution in [3.8, 4) is 0 Å². The number of carbonyl (C=O) groups excluding carboxylic acids is 1. The second-order valence-electron chi connectivity index (χ2n) is 8.68. The van der Waals surface area contributed by atoms with Crippen molar-refractivity contribution in [3.05, 3.63) is 59.8 Å². The lowest BCUT2D eigenvalue weighted by atomic mass is 9.85. The second-order valence-corrected chi connectivity index (χ2v) is 8.68. The molecule has 1 aromatic heterocycles. The van der Waals surface area contributed by atoms with E-state index in [1.807, 2.05) is 18.3 Å². The zero-order chi connectivity index (χ0) is 22.3. The van der Waals surface area contributed by atoms with E-state index in [9.17, 15) is 4.79 Å². The highest BCUT2D eigenvalue weighted by Gasteiger charge is 2.25. The standard InChI is InChI=1S/C24H34N6O/c1-24(2,20-9-5-4-6-10-20)17-29-23(26-3)28-16-19-8-7-13-27-22(19)30-14-11-18(12-15-30)21(25)31/h4-10,13,18H,11-12,14-17H2,1-3H3,(H2,25,31)(H2,26,28,29). The van der Waals surface area contributed by atoms with Gasteiger partial charge in [-0.25, -0.2) is 4.98 Å². The highest BCUT2D eigenvalue weighted by Crippen LogP contribution is 2.24. The Labute approximate surface area is 185 Å². The second kappa shape index (κ2) is 10.3. The van der Waals surface area contributed by atoms with Crippen LogP contribution in [0, 0.1) is 5.92 Å². The normalized spacial score (nSPS) is 15.6. The van der Waals surface area contributed by atoms with Crippen LogP contribution in [0.25, 0.3) is 0 Å². The number of pyridine rings is 1. The van der Waals surface area contributed by atoms with Crippen LogP contribution >= 0.6 is 0 Å². The number of piperidine rings is 1. The summed E-state index contributed by atoms with van der Waals surface area (Å²) in [6, 6.07) is 14.5. The van der Waals surface area contributed by atoms with Gasteiger partial charge in [0.05, 0.1) is 0 Å². The monoisotopic (exact) mass is 422 g/mol. The summed E-state index contributed by atoms with van der Waals surface area (Å²) in [7, 11) is 1.78. The molecule has 0 bridgehead atoms. The van der Waals surface area contributed by atoms with Gasteiger partial charge >= 0.3 is 0 Å². The van der Waals surface area contributed by atoms with Gasteiger partial charge in [0.15, 0.2) is 5.96 Å². The zero-order valence-corrected chi connectivity index (χ0v) is 18.8. The lowest BCUT2D eigenvalue weighted by Gasteiger charge is -2.32. The summed E-state index contributed by atoms with van der Waals surface area (Å²) in [6.45, 7) is 7.39. The SMILES string of the molecule is CN=C(NCc1cccnc1N1CCC(C(N)=O)CC1)NCC(C)(C)c1ccccc1. The highest BCUT2D eigenvalue weighted by atomic mass is 16.1. The predicted molar refractivity (Wildman–Crippen MR) is 126 cm³/mol. The first-order valence-corrected chi connectivity index (χ1v) is 10.9. The molecule has 0 radical (unpaired) electrons. The van der Waals surface area contributed by atoms with Gasteiger partial charge in [-0.05, 0) is 24.5 Å². The Kier molecular flexibility index (Phi) is 7.50. The van der Waals surface area contributed by atoms with Gasteiger partial charge in [-0.3, -0.25) is 9.79 Å². The number of guanidine groups is 1. The van der Waals surface area contributed by atoms with E-state index in [0.29, 0.717) is 6.54 Å². The molecular formula is C24H34N6O. The summed E-state index contributed by atoms with van der Waals surface area (Å²) in [5, 5.41) is 6.86. The molecule has 0 aliphatic carbocycles. The number of benzene rings is 1. The molecule has 3 rings (SSSR count). The Morgan fingerprint density at radius 2 is 1.87 bits per heavy atom. The van der Waals surface area contributed by atoms with Crippen LogP contribution < -0.4 is 21.3 Å². The van der Waals surface area contributed by atoms with E-state index in [1.165, 1.54) is 5.56 Å². The number of nitrogens with one attached hydrogen (secondary N) is 2. The van der Waals surface area contributed by atoms with E-state index in [2.05, 4.69) is 69.7 Å². The number of hydrogen-bond acceptors (Lipinski definition) is 4. The van der Waals surface area contributed by atoms with E-state index in [1.54, 1.807) is 7.05 Å². The summed E-state index contributed by atoms with van der Waals surface area (Å²) < 4.78 is 0. The van der Waals surface area contributed by atoms with Gasteiger partial charge in [0.1, 0.15) is 5.82 Å². The number of carbonyl (C=O) groups is 1. The minimum absolute atomic E-state index is 0.0247. The summed E-state index contributed by atoms with van der Waals surface area (Å²) in [4.78, 5) is 22.7. The third kappa shape index (κ3) is 5.96. The third-order valence-corrected chi connectivity index (χ3v) is 5.99. The molecule has 2 aromatic rings. The molecule has 4 N–H and O–H groups in total. The molecule has 1 aliphatic heterocycles. The number of primary amides is 1. The average Bonchev–Trinajstić information content (AvgIpc) is 2.80. The van der Waals surface area contributed by atoms with Gasteiger partial charge in [-0.1, -0.05) is 50.2 Å². The van der Waals surface area contributed by atoms with Gasteiger partial charge in [-0.2, -0.15) is 0 Å². The number of anilines is 1. The number of nitrogens with two attached hydrogens (primary N) is 1. The van der Waals surface area contributed by atoms with Crippen LogP contribution in [-0.2, 0) is 16.8 Å². The number of rotatable bonds is 7. The molecule has 0 atom stereocenters. The molecule has 0 unspecified atom stereocenters. The van der Waals surface area contributed by atoms with Crippen molar-refractivity contribution in [2.24, 2.45) is 16.6 Å². The molecule has 0 saturated carbocycles. The minimum atomic E-state index is -0.198. The summed E-state index contributed by atoms with van der Waals surface area (Å²) in [6.07, 6.45) is 3.36. The number of amides is 1. The van der Waals surface area contributed by atoms with E-state index >= 15 is 0 Å². The number of aliphatic imine (C=N–C) groups is 1. The lowest BCUT2D eigenvalue weighted by Crippen LogP contribution is -2.43. The Morgan fingerprint density at radius 3 is 2.52 bits per heavy atom. The Balaban J connectivity index is 1.58. The minimum Gasteiger partial charge on any atom is -0.369 e. The van der Waals surface area contributed by atoms with Crippen molar-refractivity contribution in [3.63, 3.8) is 0 Å². The molecule has 1 aromatic carbocycles. The van der Waals surface area contributed by atoms with E-state index in [-0.39, 0.29) is 17.2 Å². The van der Waals surface area contributed by atoms with Crippen molar-refractivity contribution < 1.29 is 4.79 Å². The molecule has 166 valence electrons. The van der Waals surface area contributed by atoms with Gasteiger partial charge in [0.25, 0.3) is 0 Å². The maximum Gasteiger partial charge on any atom is 0.220 e. The molecule has 1 amide bonds. The zero-order valence-electron chi connectivity index (χ0n) is 18.8. The third-order valence-electron chi connectivity index (χ3n) is 5.99. The van der Waals surface area contributed by atoms with E-state index in [4.69, 9.17) is 5.73 Å². The fourth-order valence-corrected chi connectivity index (χ4v) is 3.92. The molecule has 1 saturated heterocycles. The Morgan fingerprint density at radius 1 is 1.16 bits per heavy atom. The molecule has 1 fully saturated rings. The predicted octanol–water partition coefficient (Wildman–Crippen LogP) is 2.43. The van der Waals surface area contributed by atoms with Crippen LogP contribution in [0.1, 0.15) is 37.8 Å². The fourth-order valence-electron chi connectivity index (χ4n) is 3.92. The molecule has 0 spiro atoms. The maximum atomic E-state index is 11.5. The molecule has 2 heterocycles. The first-order valence-electron chi connectivity index (χ1n) is 10.9. The van der Waals surface area contributed by atoms with Crippen LogP contribution in [0.3, 0.4) is 0 Å². The van der Waals surface area contributed by atoms with Gasteiger partial charge in [-0.15, -0.1) is 0 Å². The quantitative estimate of drug-likeness (QED) is 0.470. The van der Waals surface area contributed by atoms with Crippen molar-refractivity contribution >= 4 is 17.7 Å². The first-order chi connectivity index (χ1) is 14.9. The molecule has 7 nitrogen and oxygen atoms in total.